The molecule has 1 unspecified atom stereocenters. The number of nitrogens with zero attached hydrogens (tertiary/aromatic N) is 3. The number of pyridine rings is 1. The SMILES string of the molecule is Cc1ccsc1C1CCNc2cc(-c3cccnc3)nn21. The lowest BCUT2D eigenvalue weighted by Crippen LogP contribution is -2.24. The highest BCUT2D eigenvalue weighted by Crippen LogP contribution is 2.35. The van der Waals surface area contributed by atoms with E-state index in [1.54, 1.807) is 6.20 Å². The van der Waals surface area contributed by atoms with E-state index in [1.165, 1.54) is 10.4 Å². The summed E-state index contributed by atoms with van der Waals surface area (Å²) in [6.07, 6.45) is 4.72. The standard InChI is InChI=1S/C16H16N4S/c1-11-5-8-21-16(11)14-4-7-18-15-9-13(19-20(14)15)12-3-2-6-17-10-12/h2-3,5-6,8-10,14,18H,4,7H2,1H3. The highest BCUT2D eigenvalue weighted by atomic mass is 32.1. The van der Waals surface area contributed by atoms with Crippen LogP contribution in [0.5, 0.6) is 0 Å². The molecule has 1 aliphatic heterocycles. The molecule has 106 valence electrons. The number of aromatic nitrogens is 3. The zero-order valence-electron chi connectivity index (χ0n) is 11.8. The number of hydrogen-bond donors (Lipinski definition) is 1. The van der Waals surface area contributed by atoms with Crippen LogP contribution in [-0.2, 0) is 0 Å². The lowest BCUT2D eigenvalue weighted by Gasteiger charge is -2.25. The Morgan fingerprint density at radius 3 is 3.10 bits per heavy atom. The molecule has 0 radical (unpaired) electrons. The van der Waals surface area contributed by atoms with E-state index in [2.05, 4.69) is 39.4 Å². The van der Waals surface area contributed by atoms with Gasteiger partial charge in [0.15, 0.2) is 0 Å². The first-order chi connectivity index (χ1) is 10.3. The Labute approximate surface area is 127 Å². The first kappa shape index (κ1) is 12.6. The van der Waals surface area contributed by atoms with Crippen LogP contribution >= 0.6 is 11.3 Å². The molecule has 5 heteroatoms. The maximum atomic E-state index is 4.82. The summed E-state index contributed by atoms with van der Waals surface area (Å²) in [7, 11) is 0. The Morgan fingerprint density at radius 1 is 1.38 bits per heavy atom. The average Bonchev–Trinajstić information content (AvgIpc) is 3.14. The number of hydrogen-bond acceptors (Lipinski definition) is 4. The van der Waals surface area contributed by atoms with Crippen molar-refractivity contribution in [3.63, 3.8) is 0 Å². The fourth-order valence-electron chi connectivity index (χ4n) is 2.85. The van der Waals surface area contributed by atoms with E-state index >= 15 is 0 Å². The molecule has 4 heterocycles. The molecule has 21 heavy (non-hydrogen) atoms. The third-order valence-corrected chi connectivity index (χ3v) is 5.04. The third kappa shape index (κ3) is 2.14. The van der Waals surface area contributed by atoms with Crippen LogP contribution in [0.15, 0.2) is 42.0 Å². The Kier molecular flexibility index (Phi) is 3.00. The van der Waals surface area contributed by atoms with Gasteiger partial charge in [0.2, 0.25) is 0 Å². The summed E-state index contributed by atoms with van der Waals surface area (Å²) in [6.45, 7) is 3.17. The van der Waals surface area contributed by atoms with Gasteiger partial charge in [-0.25, -0.2) is 4.68 Å². The molecule has 4 rings (SSSR count). The van der Waals surface area contributed by atoms with E-state index in [0.717, 1.165) is 30.0 Å². The Bertz CT molecular complexity index is 760. The molecule has 0 amide bonds. The molecular formula is C16H16N4S. The maximum absolute atomic E-state index is 4.82. The molecule has 1 N–H and O–H groups in total. The van der Waals surface area contributed by atoms with Crippen molar-refractivity contribution in [2.75, 3.05) is 11.9 Å². The molecule has 4 nitrogen and oxygen atoms in total. The molecular weight excluding hydrogens is 280 g/mol. The van der Waals surface area contributed by atoms with Gasteiger partial charge in [-0.3, -0.25) is 4.98 Å². The predicted molar refractivity (Wildman–Crippen MR) is 85.8 cm³/mol. The molecule has 3 aromatic rings. The second-order valence-electron chi connectivity index (χ2n) is 5.30. The van der Waals surface area contributed by atoms with Gasteiger partial charge in [0.1, 0.15) is 5.82 Å². The highest BCUT2D eigenvalue weighted by molar-refractivity contribution is 7.10. The zero-order chi connectivity index (χ0) is 14.2. The fraction of sp³-hybridized carbons (Fsp3) is 0.250. The van der Waals surface area contributed by atoms with Crippen molar-refractivity contribution >= 4 is 17.2 Å². The van der Waals surface area contributed by atoms with Crippen molar-refractivity contribution in [2.24, 2.45) is 0 Å². The summed E-state index contributed by atoms with van der Waals surface area (Å²) in [5, 5.41) is 10.4. The average molecular weight is 296 g/mol. The van der Waals surface area contributed by atoms with Crippen LogP contribution in [0.2, 0.25) is 0 Å². The smallest absolute Gasteiger partial charge is 0.125 e. The molecule has 1 atom stereocenters. The molecule has 0 fully saturated rings. The van der Waals surface area contributed by atoms with E-state index in [1.807, 2.05) is 29.7 Å². The van der Waals surface area contributed by atoms with Crippen molar-refractivity contribution in [3.05, 3.63) is 52.5 Å². The van der Waals surface area contributed by atoms with Gasteiger partial charge in [0, 0.05) is 35.4 Å². The van der Waals surface area contributed by atoms with E-state index in [9.17, 15) is 0 Å². The quantitative estimate of drug-likeness (QED) is 0.783. The first-order valence-electron chi connectivity index (χ1n) is 7.11. The number of nitrogens with one attached hydrogen (secondary N) is 1. The van der Waals surface area contributed by atoms with Gasteiger partial charge < -0.3 is 5.32 Å². The molecule has 0 spiro atoms. The minimum atomic E-state index is 0.340. The normalized spacial score (nSPS) is 17.3. The number of anilines is 1. The van der Waals surface area contributed by atoms with Crippen LogP contribution < -0.4 is 5.32 Å². The largest absolute Gasteiger partial charge is 0.370 e. The summed E-state index contributed by atoms with van der Waals surface area (Å²) in [4.78, 5) is 5.60. The van der Waals surface area contributed by atoms with Gasteiger partial charge in [0.25, 0.3) is 0 Å². The van der Waals surface area contributed by atoms with Crippen molar-refractivity contribution < 1.29 is 0 Å². The van der Waals surface area contributed by atoms with Gasteiger partial charge in [-0.15, -0.1) is 11.3 Å². The van der Waals surface area contributed by atoms with Gasteiger partial charge in [-0.05, 0) is 42.5 Å². The molecule has 3 aromatic heterocycles. The molecule has 0 saturated heterocycles. The van der Waals surface area contributed by atoms with Crippen LogP contribution in [-0.4, -0.2) is 21.3 Å². The lowest BCUT2D eigenvalue weighted by atomic mass is 10.1. The van der Waals surface area contributed by atoms with Gasteiger partial charge in [0.05, 0.1) is 11.7 Å². The third-order valence-electron chi connectivity index (χ3n) is 3.92. The van der Waals surface area contributed by atoms with Crippen LogP contribution in [0.1, 0.15) is 22.9 Å². The molecule has 0 aromatic carbocycles. The van der Waals surface area contributed by atoms with Gasteiger partial charge in [-0.1, -0.05) is 0 Å². The summed E-state index contributed by atoms with van der Waals surface area (Å²) < 4.78 is 2.13. The Balaban J connectivity index is 1.79. The number of thiophene rings is 1. The Morgan fingerprint density at radius 2 is 2.33 bits per heavy atom. The minimum absolute atomic E-state index is 0.340. The summed E-state index contributed by atoms with van der Waals surface area (Å²) in [5.74, 6) is 1.10. The lowest BCUT2D eigenvalue weighted by molar-refractivity contribution is 0.488. The second kappa shape index (κ2) is 5.00. The first-order valence-corrected chi connectivity index (χ1v) is 7.99. The van der Waals surface area contributed by atoms with E-state index in [-0.39, 0.29) is 0 Å². The van der Waals surface area contributed by atoms with Gasteiger partial charge in [-0.2, -0.15) is 5.10 Å². The number of aryl methyl sites for hydroxylation is 1. The molecule has 0 bridgehead atoms. The fourth-order valence-corrected chi connectivity index (χ4v) is 3.89. The Hall–Kier alpha value is -2.14. The highest BCUT2D eigenvalue weighted by Gasteiger charge is 2.25. The topological polar surface area (TPSA) is 42.7 Å². The van der Waals surface area contributed by atoms with Crippen LogP contribution in [0.4, 0.5) is 5.82 Å². The predicted octanol–water partition coefficient (Wildman–Crippen LogP) is 3.72. The van der Waals surface area contributed by atoms with Crippen molar-refractivity contribution in [2.45, 2.75) is 19.4 Å². The molecule has 1 aliphatic rings. The molecule has 0 saturated carbocycles. The van der Waals surface area contributed by atoms with Crippen molar-refractivity contribution in [3.8, 4) is 11.3 Å². The molecule has 0 aliphatic carbocycles. The summed E-state index contributed by atoms with van der Waals surface area (Å²) >= 11 is 1.82. The van der Waals surface area contributed by atoms with E-state index in [4.69, 9.17) is 5.10 Å². The minimum Gasteiger partial charge on any atom is -0.370 e. The summed E-state index contributed by atoms with van der Waals surface area (Å²) in [6, 6.07) is 8.64. The van der Waals surface area contributed by atoms with E-state index < -0.39 is 0 Å². The zero-order valence-corrected chi connectivity index (χ0v) is 12.6. The second-order valence-corrected chi connectivity index (χ2v) is 6.25. The van der Waals surface area contributed by atoms with Crippen molar-refractivity contribution in [1.82, 2.24) is 14.8 Å². The van der Waals surface area contributed by atoms with Crippen LogP contribution in [0, 0.1) is 6.92 Å². The van der Waals surface area contributed by atoms with Crippen molar-refractivity contribution in [1.29, 1.82) is 0 Å². The van der Waals surface area contributed by atoms with Gasteiger partial charge >= 0.3 is 0 Å². The van der Waals surface area contributed by atoms with Crippen LogP contribution in [0.25, 0.3) is 11.3 Å². The number of fused-ring (bicyclic) bond motifs is 1. The monoisotopic (exact) mass is 296 g/mol. The van der Waals surface area contributed by atoms with E-state index in [0.29, 0.717) is 6.04 Å². The maximum Gasteiger partial charge on any atom is 0.125 e. The van der Waals surface area contributed by atoms with Crippen LogP contribution in [0.3, 0.4) is 0 Å². The number of rotatable bonds is 2. The summed E-state index contributed by atoms with van der Waals surface area (Å²) in [5.41, 5.74) is 3.39.